The molecule has 1 heterocycles. The maximum Gasteiger partial charge on any atom is 0.253 e. The molecule has 0 radical (unpaired) electrons. The molecule has 1 amide bonds. The molecular weight excluding hydrogens is 338 g/mol. The average Bonchev–Trinajstić information content (AvgIpc) is 3.25. The minimum atomic E-state index is -3.56. The van der Waals surface area contributed by atoms with Crippen molar-refractivity contribution in [2.24, 2.45) is 23.5 Å². The van der Waals surface area contributed by atoms with E-state index in [9.17, 15) is 13.2 Å². The first-order valence-corrected chi connectivity index (χ1v) is 10.6. The number of nitrogens with zero attached hydrogens (tertiary/aromatic N) is 1. The smallest absolute Gasteiger partial charge is 0.253 e. The van der Waals surface area contributed by atoms with Crippen molar-refractivity contribution < 1.29 is 13.2 Å². The Morgan fingerprint density at radius 3 is 2.72 bits per heavy atom. The Bertz CT molecular complexity index is 776. The number of nitrogens with two attached hydrogens (primary N) is 1. The first kappa shape index (κ1) is 17.0. The molecule has 6 nitrogen and oxygen atoms in total. The number of likely N-dealkylation sites (tertiary alicyclic amines) is 1. The van der Waals surface area contributed by atoms with Crippen LogP contribution in [0.1, 0.15) is 36.0 Å². The molecule has 3 aliphatic rings. The third-order valence-corrected chi connectivity index (χ3v) is 7.27. The molecule has 1 aromatic carbocycles. The second-order valence-corrected chi connectivity index (χ2v) is 9.47. The van der Waals surface area contributed by atoms with Gasteiger partial charge in [-0.15, -0.1) is 0 Å². The van der Waals surface area contributed by atoms with Gasteiger partial charge >= 0.3 is 0 Å². The molecule has 1 aromatic rings. The van der Waals surface area contributed by atoms with Gasteiger partial charge in [0.2, 0.25) is 10.0 Å². The fourth-order valence-electron chi connectivity index (χ4n) is 4.09. The van der Waals surface area contributed by atoms with Crippen molar-refractivity contribution in [3.8, 4) is 0 Å². The van der Waals surface area contributed by atoms with E-state index in [1.807, 2.05) is 4.90 Å². The number of sulfonamides is 1. The van der Waals surface area contributed by atoms with Crippen LogP contribution < -0.4 is 10.5 Å². The van der Waals surface area contributed by atoms with Gasteiger partial charge in [-0.2, -0.15) is 0 Å². The Balaban J connectivity index is 1.48. The first-order chi connectivity index (χ1) is 11.9. The second kappa shape index (κ2) is 6.37. The van der Waals surface area contributed by atoms with Gasteiger partial charge < -0.3 is 10.6 Å². The standard InChI is InChI=1S/C18H25N3O3S/c19-17-7-6-14-10-21(11-16(14)17)18(22)13-2-1-3-15(8-13)25(23,24)20-9-12-4-5-12/h1-3,8,12,14,16-17,20H,4-7,9-11,19H2. The van der Waals surface area contributed by atoms with Crippen LogP contribution in [0, 0.1) is 17.8 Å². The quantitative estimate of drug-likeness (QED) is 0.822. The summed E-state index contributed by atoms with van der Waals surface area (Å²) in [5, 5.41) is 0. The lowest BCUT2D eigenvalue weighted by molar-refractivity contribution is 0.0779. The van der Waals surface area contributed by atoms with Crippen LogP contribution in [0.5, 0.6) is 0 Å². The first-order valence-electron chi connectivity index (χ1n) is 9.08. The zero-order valence-corrected chi connectivity index (χ0v) is 15.0. The number of hydrogen-bond acceptors (Lipinski definition) is 4. The summed E-state index contributed by atoms with van der Waals surface area (Å²) in [6.07, 6.45) is 4.29. The van der Waals surface area contributed by atoms with Crippen molar-refractivity contribution in [1.82, 2.24) is 9.62 Å². The molecule has 136 valence electrons. The normalized spacial score (nSPS) is 29.0. The highest BCUT2D eigenvalue weighted by Gasteiger charge is 2.42. The van der Waals surface area contributed by atoms with Crippen molar-refractivity contribution in [3.05, 3.63) is 29.8 Å². The van der Waals surface area contributed by atoms with Crippen LogP contribution in [0.4, 0.5) is 0 Å². The average molecular weight is 363 g/mol. The molecule has 0 spiro atoms. The lowest BCUT2D eigenvalue weighted by Crippen LogP contribution is -2.33. The van der Waals surface area contributed by atoms with Crippen LogP contribution in [-0.2, 0) is 10.0 Å². The molecule has 0 bridgehead atoms. The van der Waals surface area contributed by atoms with E-state index in [0.29, 0.717) is 36.4 Å². The van der Waals surface area contributed by atoms with Crippen molar-refractivity contribution >= 4 is 15.9 Å². The summed E-state index contributed by atoms with van der Waals surface area (Å²) in [7, 11) is -3.56. The van der Waals surface area contributed by atoms with E-state index in [1.54, 1.807) is 18.2 Å². The topological polar surface area (TPSA) is 92.5 Å². The zero-order chi connectivity index (χ0) is 17.6. The minimum absolute atomic E-state index is 0.0964. The van der Waals surface area contributed by atoms with Crippen LogP contribution in [-0.4, -0.2) is 44.9 Å². The van der Waals surface area contributed by atoms with Crippen molar-refractivity contribution in [3.63, 3.8) is 0 Å². The summed E-state index contributed by atoms with van der Waals surface area (Å²) in [5.41, 5.74) is 6.57. The fourth-order valence-corrected chi connectivity index (χ4v) is 5.25. The van der Waals surface area contributed by atoms with Crippen LogP contribution in [0.2, 0.25) is 0 Å². The van der Waals surface area contributed by atoms with E-state index in [2.05, 4.69) is 4.72 Å². The molecule has 1 aliphatic heterocycles. The SMILES string of the molecule is NC1CCC2CN(C(=O)c3cccc(S(=O)(=O)NCC4CC4)c3)CC12. The second-order valence-electron chi connectivity index (χ2n) is 7.70. The maximum atomic E-state index is 12.8. The molecule has 3 fully saturated rings. The number of carbonyl (C=O) groups excluding carboxylic acids is 1. The molecular formula is C18H25N3O3S. The zero-order valence-electron chi connectivity index (χ0n) is 14.2. The highest BCUT2D eigenvalue weighted by Crippen LogP contribution is 2.37. The van der Waals surface area contributed by atoms with Crippen molar-refractivity contribution in [2.75, 3.05) is 19.6 Å². The molecule has 1 saturated heterocycles. The number of amides is 1. The van der Waals surface area contributed by atoms with Crippen molar-refractivity contribution in [2.45, 2.75) is 36.6 Å². The molecule has 3 atom stereocenters. The largest absolute Gasteiger partial charge is 0.338 e. The maximum absolute atomic E-state index is 12.8. The van der Waals surface area contributed by atoms with Gasteiger partial charge in [-0.25, -0.2) is 13.1 Å². The highest BCUT2D eigenvalue weighted by molar-refractivity contribution is 7.89. The number of carbonyl (C=O) groups is 1. The predicted molar refractivity (Wildman–Crippen MR) is 94.4 cm³/mol. The summed E-state index contributed by atoms with van der Waals surface area (Å²) in [6.45, 7) is 1.89. The summed E-state index contributed by atoms with van der Waals surface area (Å²) in [4.78, 5) is 14.8. The molecule has 3 N–H and O–H groups in total. The lowest BCUT2D eigenvalue weighted by Gasteiger charge is -2.19. The number of benzene rings is 1. The highest BCUT2D eigenvalue weighted by atomic mass is 32.2. The molecule has 4 rings (SSSR count). The van der Waals surface area contributed by atoms with Crippen LogP contribution in [0.25, 0.3) is 0 Å². The van der Waals surface area contributed by atoms with Gasteiger partial charge in [-0.05, 0) is 61.6 Å². The summed E-state index contributed by atoms with van der Waals surface area (Å²) >= 11 is 0. The lowest BCUT2D eigenvalue weighted by atomic mass is 9.98. The van der Waals surface area contributed by atoms with Crippen molar-refractivity contribution in [1.29, 1.82) is 0 Å². The van der Waals surface area contributed by atoms with Gasteiger partial charge in [0.15, 0.2) is 0 Å². The molecule has 7 heteroatoms. The van der Waals surface area contributed by atoms with Gasteiger partial charge in [-0.3, -0.25) is 4.79 Å². The number of fused-ring (bicyclic) bond motifs is 1. The molecule has 0 aromatic heterocycles. The Kier molecular flexibility index (Phi) is 4.33. The van der Waals surface area contributed by atoms with Gasteiger partial charge in [0.1, 0.15) is 0 Å². The molecule has 3 unspecified atom stereocenters. The Morgan fingerprint density at radius 1 is 1.20 bits per heavy atom. The monoisotopic (exact) mass is 363 g/mol. The summed E-state index contributed by atoms with van der Waals surface area (Å²) in [6, 6.07) is 6.55. The van der Waals surface area contributed by atoms with Crippen LogP contribution >= 0.6 is 0 Å². The van der Waals surface area contributed by atoms with Gasteiger partial charge in [-0.1, -0.05) is 6.07 Å². The van der Waals surface area contributed by atoms with Crippen LogP contribution in [0.3, 0.4) is 0 Å². The number of rotatable bonds is 5. The van der Waals surface area contributed by atoms with E-state index in [0.717, 1.165) is 32.2 Å². The molecule has 2 saturated carbocycles. The van der Waals surface area contributed by atoms with E-state index in [1.165, 1.54) is 6.07 Å². The number of hydrogen-bond donors (Lipinski definition) is 2. The van der Waals surface area contributed by atoms with E-state index < -0.39 is 10.0 Å². The summed E-state index contributed by atoms with van der Waals surface area (Å²) in [5.74, 6) is 1.25. The summed E-state index contributed by atoms with van der Waals surface area (Å²) < 4.78 is 27.5. The molecule has 25 heavy (non-hydrogen) atoms. The molecule has 2 aliphatic carbocycles. The van der Waals surface area contributed by atoms with Gasteiger partial charge in [0.25, 0.3) is 5.91 Å². The third-order valence-electron chi connectivity index (χ3n) is 5.85. The third kappa shape index (κ3) is 3.45. The Morgan fingerprint density at radius 2 is 2.00 bits per heavy atom. The fraction of sp³-hybridized carbons (Fsp3) is 0.611. The predicted octanol–water partition coefficient (Wildman–Crippen LogP) is 1.18. The van der Waals surface area contributed by atoms with E-state index in [4.69, 9.17) is 5.73 Å². The Hall–Kier alpha value is -1.44. The van der Waals surface area contributed by atoms with Gasteiger partial charge in [0.05, 0.1) is 4.90 Å². The Labute approximate surface area is 148 Å². The van der Waals surface area contributed by atoms with E-state index >= 15 is 0 Å². The van der Waals surface area contributed by atoms with E-state index in [-0.39, 0.29) is 16.8 Å². The van der Waals surface area contributed by atoms with Crippen LogP contribution in [0.15, 0.2) is 29.2 Å². The van der Waals surface area contributed by atoms with Gasteiger partial charge in [0, 0.05) is 31.2 Å². The minimum Gasteiger partial charge on any atom is -0.338 e. The number of nitrogens with one attached hydrogen (secondary N) is 1.